The number of hydrogen-bond donors (Lipinski definition) is 0. The summed E-state index contributed by atoms with van der Waals surface area (Å²) in [5, 5.41) is 0. The third-order valence-electron chi connectivity index (χ3n) is 5.34. The Morgan fingerprint density at radius 1 is 0.966 bits per heavy atom. The van der Waals surface area contributed by atoms with Crippen molar-refractivity contribution >= 4 is 21.7 Å². The largest absolute Gasteiger partial charge is 0.340 e. The second kappa shape index (κ2) is 8.88. The Morgan fingerprint density at radius 3 is 2.21 bits per heavy atom. The topological polar surface area (TPSA) is 74.8 Å². The molecule has 1 unspecified atom stereocenters. The Kier molecular flexibility index (Phi) is 6.49. The maximum absolute atomic E-state index is 13.0. The van der Waals surface area contributed by atoms with Crippen LogP contribution in [-0.2, 0) is 14.8 Å². The van der Waals surface area contributed by atoms with E-state index in [-0.39, 0.29) is 35.6 Å². The first-order valence-electron chi connectivity index (χ1n) is 9.79. The molecular weight excluding hydrogens is 388 g/mol. The summed E-state index contributed by atoms with van der Waals surface area (Å²) in [4.78, 5) is 26.4. The second-order valence-corrected chi connectivity index (χ2v) is 9.12. The predicted octanol–water partition coefficient (Wildman–Crippen LogP) is 2.92. The lowest BCUT2D eigenvalue weighted by Crippen LogP contribution is -2.51. The van der Waals surface area contributed by atoms with E-state index >= 15 is 0 Å². The van der Waals surface area contributed by atoms with Crippen molar-refractivity contribution in [3.8, 4) is 0 Å². The number of sulfonamides is 1. The molecule has 1 atom stereocenters. The van der Waals surface area contributed by atoms with Crippen LogP contribution in [0.15, 0.2) is 59.5 Å². The van der Waals surface area contributed by atoms with Crippen LogP contribution in [0.3, 0.4) is 0 Å². The molecule has 3 rings (SSSR count). The van der Waals surface area contributed by atoms with Gasteiger partial charge in [-0.25, -0.2) is 8.42 Å². The first kappa shape index (κ1) is 21.2. The van der Waals surface area contributed by atoms with Crippen LogP contribution >= 0.6 is 0 Å². The first-order valence-corrected chi connectivity index (χ1v) is 11.2. The Morgan fingerprint density at radius 2 is 1.62 bits per heavy atom. The van der Waals surface area contributed by atoms with Crippen LogP contribution in [0.4, 0.5) is 0 Å². The molecule has 154 valence electrons. The SMILES string of the molecule is CCC(C(=O)N1CCN(S(=O)(=O)c2cccc(C(C)=O)c2)CC1)c1ccccc1. The number of Topliss-reactive ketones (excluding diaryl/α,β-unsaturated/α-hetero) is 1. The quantitative estimate of drug-likeness (QED) is 0.681. The van der Waals surface area contributed by atoms with Gasteiger partial charge in [-0.05, 0) is 31.0 Å². The molecule has 2 aromatic rings. The normalized spacial score (nSPS) is 16.4. The fraction of sp³-hybridized carbons (Fsp3) is 0.364. The van der Waals surface area contributed by atoms with Gasteiger partial charge < -0.3 is 4.90 Å². The summed E-state index contributed by atoms with van der Waals surface area (Å²) in [6.45, 7) is 4.58. The van der Waals surface area contributed by atoms with Crippen LogP contribution in [0.25, 0.3) is 0 Å². The average molecular weight is 415 g/mol. The molecular formula is C22H26N2O4S. The van der Waals surface area contributed by atoms with Crippen LogP contribution in [0.5, 0.6) is 0 Å². The molecule has 2 aromatic carbocycles. The molecule has 7 heteroatoms. The maximum atomic E-state index is 13.0. The minimum Gasteiger partial charge on any atom is -0.340 e. The monoisotopic (exact) mass is 414 g/mol. The van der Waals surface area contributed by atoms with Crippen molar-refractivity contribution in [3.05, 3.63) is 65.7 Å². The molecule has 6 nitrogen and oxygen atoms in total. The van der Waals surface area contributed by atoms with E-state index in [1.807, 2.05) is 37.3 Å². The van der Waals surface area contributed by atoms with Crippen molar-refractivity contribution in [1.82, 2.24) is 9.21 Å². The summed E-state index contributed by atoms with van der Waals surface area (Å²) >= 11 is 0. The summed E-state index contributed by atoms with van der Waals surface area (Å²) in [6, 6.07) is 15.8. The van der Waals surface area contributed by atoms with Crippen LogP contribution < -0.4 is 0 Å². The maximum Gasteiger partial charge on any atom is 0.243 e. The molecule has 0 aromatic heterocycles. The van der Waals surface area contributed by atoms with E-state index in [0.717, 1.165) is 5.56 Å². The fourth-order valence-electron chi connectivity index (χ4n) is 3.63. The van der Waals surface area contributed by atoms with Gasteiger partial charge in [-0.15, -0.1) is 0 Å². The van der Waals surface area contributed by atoms with Crippen LogP contribution in [0.2, 0.25) is 0 Å². The number of amides is 1. The highest BCUT2D eigenvalue weighted by atomic mass is 32.2. The van der Waals surface area contributed by atoms with E-state index in [0.29, 0.717) is 25.1 Å². The number of hydrogen-bond acceptors (Lipinski definition) is 4. The number of benzene rings is 2. The summed E-state index contributed by atoms with van der Waals surface area (Å²) in [5.41, 5.74) is 1.35. The number of carbonyl (C=O) groups excluding carboxylic acids is 2. The number of nitrogens with zero attached hydrogens (tertiary/aromatic N) is 2. The average Bonchev–Trinajstić information content (AvgIpc) is 2.75. The molecule has 1 aliphatic rings. The van der Waals surface area contributed by atoms with Gasteiger partial charge in [-0.3, -0.25) is 9.59 Å². The predicted molar refractivity (Wildman–Crippen MR) is 111 cm³/mol. The van der Waals surface area contributed by atoms with Gasteiger partial charge in [0.1, 0.15) is 0 Å². The molecule has 1 aliphatic heterocycles. The van der Waals surface area contributed by atoms with Crippen molar-refractivity contribution in [3.63, 3.8) is 0 Å². The van der Waals surface area contributed by atoms with Crippen LogP contribution in [-0.4, -0.2) is 55.5 Å². The molecule has 0 bridgehead atoms. The van der Waals surface area contributed by atoms with Gasteiger partial charge in [0.25, 0.3) is 0 Å². The number of ketones is 1. The highest BCUT2D eigenvalue weighted by Gasteiger charge is 2.32. The van der Waals surface area contributed by atoms with E-state index < -0.39 is 10.0 Å². The van der Waals surface area contributed by atoms with Crippen LogP contribution in [0, 0.1) is 0 Å². The fourth-order valence-corrected chi connectivity index (χ4v) is 5.10. The lowest BCUT2D eigenvalue weighted by Gasteiger charge is -2.35. The van der Waals surface area contributed by atoms with E-state index in [2.05, 4.69) is 0 Å². The number of rotatable bonds is 6. The standard InChI is InChI=1S/C22H26N2O4S/c1-3-21(18-8-5-4-6-9-18)22(26)23-12-14-24(15-13-23)29(27,28)20-11-7-10-19(16-20)17(2)25/h4-11,16,21H,3,12-15H2,1-2H3. The summed E-state index contributed by atoms with van der Waals surface area (Å²) in [6.07, 6.45) is 0.694. The van der Waals surface area contributed by atoms with Gasteiger partial charge in [0, 0.05) is 31.7 Å². The van der Waals surface area contributed by atoms with Gasteiger partial charge in [-0.1, -0.05) is 49.4 Å². The molecule has 0 radical (unpaired) electrons. The lowest BCUT2D eigenvalue weighted by atomic mass is 9.95. The Bertz CT molecular complexity index is 981. The highest BCUT2D eigenvalue weighted by molar-refractivity contribution is 7.89. The first-order chi connectivity index (χ1) is 13.8. The van der Waals surface area contributed by atoms with Gasteiger partial charge in [0.2, 0.25) is 15.9 Å². The summed E-state index contributed by atoms with van der Waals surface area (Å²) in [5.74, 6) is -0.357. The number of carbonyl (C=O) groups is 2. The Labute approximate surface area is 172 Å². The molecule has 29 heavy (non-hydrogen) atoms. The highest BCUT2D eigenvalue weighted by Crippen LogP contribution is 2.24. The molecule has 0 aliphatic carbocycles. The van der Waals surface area contributed by atoms with Crippen molar-refractivity contribution < 1.29 is 18.0 Å². The Balaban J connectivity index is 1.70. The zero-order valence-corrected chi connectivity index (χ0v) is 17.6. The van der Waals surface area contributed by atoms with Gasteiger partial charge in [-0.2, -0.15) is 4.31 Å². The third kappa shape index (κ3) is 4.57. The van der Waals surface area contributed by atoms with Gasteiger partial charge in [0.05, 0.1) is 10.8 Å². The van der Waals surface area contributed by atoms with Crippen molar-refractivity contribution in [2.24, 2.45) is 0 Å². The molecule has 0 saturated carbocycles. The van der Waals surface area contributed by atoms with E-state index in [4.69, 9.17) is 0 Å². The zero-order valence-electron chi connectivity index (χ0n) is 16.7. The molecule has 1 heterocycles. The minimum atomic E-state index is -3.70. The van der Waals surface area contributed by atoms with Crippen molar-refractivity contribution in [1.29, 1.82) is 0 Å². The zero-order chi connectivity index (χ0) is 21.0. The van der Waals surface area contributed by atoms with Crippen molar-refractivity contribution in [2.45, 2.75) is 31.1 Å². The van der Waals surface area contributed by atoms with E-state index in [9.17, 15) is 18.0 Å². The molecule has 1 fully saturated rings. The molecule has 1 saturated heterocycles. The smallest absolute Gasteiger partial charge is 0.243 e. The summed E-state index contributed by atoms with van der Waals surface area (Å²) in [7, 11) is -3.70. The second-order valence-electron chi connectivity index (χ2n) is 7.18. The van der Waals surface area contributed by atoms with Crippen LogP contribution in [0.1, 0.15) is 42.1 Å². The Hall–Kier alpha value is -2.51. The number of piperazine rings is 1. The third-order valence-corrected chi connectivity index (χ3v) is 7.23. The summed E-state index contributed by atoms with van der Waals surface area (Å²) < 4.78 is 27.3. The molecule has 0 N–H and O–H groups in total. The van der Waals surface area contributed by atoms with E-state index in [1.165, 1.54) is 23.4 Å². The molecule has 1 amide bonds. The van der Waals surface area contributed by atoms with Crippen molar-refractivity contribution in [2.75, 3.05) is 26.2 Å². The molecule has 0 spiro atoms. The van der Waals surface area contributed by atoms with E-state index in [1.54, 1.807) is 17.0 Å². The minimum absolute atomic E-state index is 0.0364. The lowest BCUT2D eigenvalue weighted by molar-refractivity contribution is -0.134. The van der Waals surface area contributed by atoms with Gasteiger partial charge in [0.15, 0.2) is 5.78 Å². The van der Waals surface area contributed by atoms with Gasteiger partial charge >= 0.3 is 0 Å².